The van der Waals surface area contributed by atoms with Gasteiger partial charge in [0.05, 0.1) is 19.7 Å². The van der Waals surface area contributed by atoms with Crippen molar-refractivity contribution >= 4 is 11.0 Å². The number of imidazole rings is 1. The molecule has 4 rings (SSSR count). The first-order chi connectivity index (χ1) is 11.7. The predicted octanol–water partition coefficient (Wildman–Crippen LogP) is 2.65. The molecule has 1 atom stereocenters. The molecule has 0 radical (unpaired) electrons. The first-order valence-corrected chi connectivity index (χ1v) is 8.21. The van der Waals surface area contributed by atoms with Crippen molar-refractivity contribution in [2.75, 3.05) is 33.8 Å². The molecule has 126 valence electrons. The Hall–Kier alpha value is -2.31. The molecular weight excluding hydrogens is 304 g/mol. The van der Waals surface area contributed by atoms with E-state index < -0.39 is 0 Å². The van der Waals surface area contributed by atoms with E-state index in [2.05, 4.69) is 32.9 Å². The van der Waals surface area contributed by atoms with Gasteiger partial charge in [0.2, 0.25) is 0 Å². The van der Waals surface area contributed by atoms with Gasteiger partial charge < -0.3 is 14.1 Å². The van der Waals surface area contributed by atoms with Crippen molar-refractivity contribution in [2.45, 2.75) is 12.6 Å². The standard InChI is InChI=1S/C18H22N4O2/c1-21-7-8-22(12-16(21)18-19-5-6-20-18)11-15-10-13-9-14(23-2)3-4-17(13)24-15/h3-6,9-10,16H,7-8,11-12H2,1-2H3,(H,19,20). The van der Waals surface area contributed by atoms with Crippen LogP contribution in [-0.4, -0.2) is 53.6 Å². The predicted molar refractivity (Wildman–Crippen MR) is 92.0 cm³/mol. The van der Waals surface area contributed by atoms with E-state index >= 15 is 0 Å². The number of nitrogens with zero attached hydrogens (tertiary/aromatic N) is 3. The highest BCUT2D eigenvalue weighted by molar-refractivity contribution is 5.79. The molecule has 1 N–H and O–H groups in total. The van der Waals surface area contributed by atoms with E-state index in [1.807, 2.05) is 30.6 Å². The van der Waals surface area contributed by atoms with Gasteiger partial charge in [-0.05, 0) is 31.3 Å². The summed E-state index contributed by atoms with van der Waals surface area (Å²) >= 11 is 0. The summed E-state index contributed by atoms with van der Waals surface area (Å²) in [4.78, 5) is 12.4. The number of fused-ring (bicyclic) bond motifs is 1. The molecule has 3 heterocycles. The van der Waals surface area contributed by atoms with Crippen molar-refractivity contribution < 1.29 is 9.15 Å². The van der Waals surface area contributed by atoms with Gasteiger partial charge in [0.25, 0.3) is 0 Å². The number of ether oxygens (including phenoxy) is 1. The quantitative estimate of drug-likeness (QED) is 0.799. The fourth-order valence-corrected chi connectivity index (χ4v) is 3.33. The Labute approximate surface area is 141 Å². The molecule has 1 fully saturated rings. The number of aromatic nitrogens is 2. The average molecular weight is 326 g/mol. The number of hydrogen-bond acceptors (Lipinski definition) is 5. The van der Waals surface area contributed by atoms with Crippen LogP contribution in [0.3, 0.4) is 0 Å². The molecule has 6 heteroatoms. The van der Waals surface area contributed by atoms with Crippen LogP contribution in [0, 0.1) is 0 Å². The van der Waals surface area contributed by atoms with Gasteiger partial charge in [-0.3, -0.25) is 9.80 Å². The number of aromatic amines is 1. The lowest BCUT2D eigenvalue weighted by Crippen LogP contribution is -2.46. The minimum Gasteiger partial charge on any atom is -0.497 e. The van der Waals surface area contributed by atoms with Crippen LogP contribution in [-0.2, 0) is 6.54 Å². The summed E-state index contributed by atoms with van der Waals surface area (Å²) in [6.07, 6.45) is 3.70. The second-order valence-corrected chi connectivity index (χ2v) is 6.32. The van der Waals surface area contributed by atoms with Crippen LogP contribution in [0.25, 0.3) is 11.0 Å². The second-order valence-electron chi connectivity index (χ2n) is 6.32. The highest BCUT2D eigenvalue weighted by atomic mass is 16.5. The molecule has 0 bridgehead atoms. The lowest BCUT2D eigenvalue weighted by molar-refractivity contribution is 0.0819. The van der Waals surface area contributed by atoms with Gasteiger partial charge in [-0.25, -0.2) is 4.98 Å². The van der Waals surface area contributed by atoms with E-state index in [0.717, 1.165) is 54.5 Å². The third-order valence-corrected chi connectivity index (χ3v) is 4.72. The first-order valence-electron chi connectivity index (χ1n) is 8.21. The summed E-state index contributed by atoms with van der Waals surface area (Å²) in [6, 6.07) is 8.31. The van der Waals surface area contributed by atoms with E-state index in [0.29, 0.717) is 6.04 Å². The molecule has 24 heavy (non-hydrogen) atoms. The summed E-state index contributed by atoms with van der Waals surface area (Å²) in [5.74, 6) is 2.87. The largest absolute Gasteiger partial charge is 0.497 e. The summed E-state index contributed by atoms with van der Waals surface area (Å²) < 4.78 is 11.3. The zero-order valence-electron chi connectivity index (χ0n) is 14.0. The van der Waals surface area contributed by atoms with Gasteiger partial charge in [0.15, 0.2) is 0 Å². The third-order valence-electron chi connectivity index (χ3n) is 4.72. The Balaban J connectivity index is 1.50. The van der Waals surface area contributed by atoms with Gasteiger partial charge >= 0.3 is 0 Å². The summed E-state index contributed by atoms with van der Waals surface area (Å²) in [7, 11) is 3.83. The number of rotatable bonds is 4. The molecule has 3 aromatic rings. The van der Waals surface area contributed by atoms with Crippen molar-refractivity contribution in [1.82, 2.24) is 19.8 Å². The van der Waals surface area contributed by atoms with Crippen molar-refractivity contribution in [3.05, 3.63) is 48.2 Å². The molecule has 0 aliphatic carbocycles. The molecule has 6 nitrogen and oxygen atoms in total. The number of methoxy groups -OCH3 is 1. The maximum absolute atomic E-state index is 5.99. The third kappa shape index (κ3) is 2.90. The minimum atomic E-state index is 0.290. The molecule has 1 unspecified atom stereocenters. The van der Waals surface area contributed by atoms with Crippen LogP contribution in [0.1, 0.15) is 17.6 Å². The van der Waals surface area contributed by atoms with E-state index in [-0.39, 0.29) is 0 Å². The van der Waals surface area contributed by atoms with Crippen molar-refractivity contribution in [3.8, 4) is 5.75 Å². The molecule has 0 amide bonds. The fourth-order valence-electron chi connectivity index (χ4n) is 3.33. The normalized spacial score (nSPS) is 19.8. The SMILES string of the molecule is COc1ccc2oc(CN3CCN(C)C(c4ncc[nH]4)C3)cc2c1. The van der Waals surface area contributed by atoms with E-state index in [1.165, 1.54) is 0 Å². The summed E-state index contributed by atoms with van der Waals surface area (Å²) in [5, 5.41) is 1.08. The fraction of sp³-hybridized carbons (Fsp3) is 0.389. The van der Waals surface area contributed by atoms with E-state index in [4.69, 9.17) is 9.15 Å². The van der Waals surface area contributed by atoms with Crippen molar-refractivity contribution in [1.29, 1.82) is 0 Å². The Morgan fingerprint density at radius 2 is 2.25 bits per heavy atom. The highest BCUT2D eigenvalue weighted by Crippen LogP contribution is 2.27. The van der Waals surface area contributed by atoms with Crippen LogP contribution < -0.4 is 4.74 Å². The number of likely N-dealkylation sites (N-methyl/N-ethyl adjacent to an activating group) is 1. The molecule has 0 saturated carbocycles. The number of benzene rings is 1. The molecule has 1 aliphatic heterocycles. The smallest absolute Gasteiger partial charge is 0.134 e. The van der Waals surface area contributed by atoms with Gasteiger partial charge in [-0.1, -0.05) is 0 Å². The Kier molecular flexibility index (Phi) is 4.00. The molecule has 1 saturated heterocycles. The number of piperazine rings is 1. The van der Waals surface area contributed by atoms with Crippen LogP contribution >= 0.6 is 0 Å². The first kappa shape index (κ1) is 15.2. The number of furan rings is 1. The lowest BCUT2D eigenvalue weighted by atomic mass is 10.1. The Morgan fingerprint density at radius 1 is 1.33 bits per heavy atom. The molecule has 2 aromatic heterocycles. The number of H-pyrrole nitrogens is 1. The summed E-state index contributed by atoms with van der Waals surface area (Å²) in [6.45, 7) is 3.78. The van der Waals surface area contributed by atoms with E-state index in [1.54, 1.807) is 7.11 Å². The van der Waals surface area contributed by atoms with Gasteiger partial charge in [0, 0.05) is 37.4 Å². The Bertz CT molecular complexity index is 812. The topological polar surface area (TPSA) is 57.5 Å². The summed E-state index contributed by atoms with van der Waals surface area (Å²) in [5.41, 5.74) is 0.905. The molecular formula is C18H22N4O2. The molecule has 0 spiro atoms. The van der Waals surface area contributed by atoms with Gasteiger partial charge in [-0.2, -0.15) is 0 Å². The monoisotopic (exact) mass is 326 g/mol. The number of nitrogens with one attached hydrogen (secondary N) is 1. The maximum atomic E-state index is 5.99. The van der Waals surface area contributed by atoms with Crippen LogP contribution in [0.2, 0.25) is 0 Å². The van der Waals surface area contributed by atoms with Crippen LogP contribution in [0.5, 0.6) is 5.75 Å². The van der Waals surface area contributed by atoms with Gasteiger partial charge in [-0.15, -0.1) is 0 Å². The molecule has 1 aliphatic rings. The van der Waals surface area contributed by atoms with E-state index in [9.17, 15) is 0 Å². The number of hydrogen-bond donors (Lipinski definition) is 1. The Morgan fingerprint density at radius 3 is 3.04 bits per heavy atom. The van der Waals surface area contributed by atoms with Gasteiger partial charge in [0.1, 0.15) is 22.9 Å². The second kappa shape index (κ2) is 6.30. The molecule has 1 aromatic carbocycles. The van der Waals surface area contributed by atoms with Crippen molar-refractivity contribution in [2.24, 2.45) is 0 Å². The van der Waals surface area contributed by atoms with Crippen molar-refractivity contribution in [3.63, 3.8) is 0 Å². The zero-order chi connectivity index (χ0) is 16.5. The van der Waals surface area contributed by atoms with Crippen LogP contribution in [0.15, 0.2) is 41.1 Å². The zero-order valence-corrected chi connectivity index (χ0v) is 14.0. The lowest BCUT2D eigenvalue weighted by Gasteiger charge is -2.38. The highest BCUT2D eigenvalue weighted by Gasteiger charge is 2.27. The maximum Gasteiger partial charge on any atom is 0.134 e. The minimum absolute atomic E-state index is 0.290. The van der Waals surface area contributed by atoms with Crippen LogP contribution in [0.4, 0.5) is 0 Å². The average Bonchev–Trinajstić information content (AvgIpc) is 3.24.